The predicted molar refractivity (Wildman–Crippen MR) is 108 cm³/mol. The highest BCUT2D eigenvalue weighted by Gasteiger charge is 2.14. The zero-order valence-corrected chi connectivity index (χ0v) is 16.0. The molecule has 5 heteroatoms. The standard InChI is InChI=1S/C23H23NO4/c1-4-5-11-20(25)18-12-13-21(22(14-18)26-3)27-15-19-16(2)28-23(24-19)17-9-7-6-8-10-17/h4-14,20,25H,1,15H2,2-3H3. The van der Waals surface area contributed by atoms with Crippen LogP contribution in [0.2, 0.25) is 0 Å². The van der Waals surface area contributed by atoms with E-state index >= 15 is 0 Å². The van der Waals surface area contributed by atoms with Crippen LogP contribution in [0.3, 0.4) is 0 Å². The first-order valence-corrected chi connectivity index (χ1v) is 8.92. The Kier molecular flexibility index (Phi) is 6.29. The van der Waals surface area contributed by atoms with E-state index in [1.54, 1.807) is 43.5 Å². The SMILES string of the molecule is C=CC=CC(O)c1ccc(OCc2nc(-c3ccccc3)oc2C)c(OC)c1. The number of ether oxygens (including phenoxy) is 2. The second-order valence-corrected chi connectivity index (χ2v) is 6.15. The van der Waals surface area contributed by atoms with Crippen molar-refractivity contribution in [1.82, 2.24) is 4.98 Å². The Hall–Kier alpha value is -3.31. The Morgan fingerprint density at radius 3 is 2.68 bits per heavy atom. The minimum absolute atomic E-state index is 0.247. The number of aryl methyl sites for hydroxylation is 1. The van der Waals surface area contributed by atoms with Crippen molar-refractivity contribution in [3.63, 3.8) is 0 Å². The molecule has 1 N–H and O–H groups in total. The summed E-state index contributed by atoms with van der Waals surface area (Å²) in [7, 11) is 1.56. The fraction of sp³-hybridized carbons (Fsp3) is 0.174. The van der Waals surface area contributed by atoms with E-state index in [4.69, 9.17) is 13.9 Å². The largest absolute Gasteiger partial charge is 0.493 e. The van der Waals surface area contributed by atoms with E-state index in [0.29, 0.717) is 28.7 Å². The number of oxazole rings is 1. The first-order chi connectivity index (χ1) is 13.6. The number of benzene rings is 2. The number of hydrogen-bond acceptors (Lipinski definition) is 5. The van der Waals surface area contributed by atoms with Crippen LogP contribution in [-0.4, -0.2) is 17.2 Å². The molecular formula is C23H23NO4. The molecule has 1 unspecified atom stereocenters. The predicted octanol–water partition coefficient (Wildman–Crippen LogP) is 5.01. The number of methoxy groups -OCH3 is 1. The number of nitrogens with zero attached hydrogens (tertiary/aromatic N) is 1. The summed E-state index contributed by atoms with van der Waals surface area (Å²) in [6.07, 6.45) is 4.21. The van der Waals surface area contributed by atoms with Crippen LogP contribution in [0.4, 0.5) is 0 Å². The molecule has 0 amide bonds. The summed E-state index contributed by atoms with van der Waals surface area (Å²) in [5.41, 5.74) is 2.34. The van der Waals surface area contributed by atoms with Gasteiger partial charge >= 0.3 is 0 Å². The third-order valence-corrected chi connectivity index (χ3v) is 4.24. The minimum Gasteiger partial charge on any atom is -0.493 e. The Morgan fingerprint density at radius 1 is 1.18 bits per heavy atom. The van der Waals surface area contributed by atoms with Crippen LogP contribution < -0.4 is 9.47 Å². The van der Waals surface area contributed by atoms with Crippen molar-refractivity contribution in [2.75, 3.05) is 7.11 Å². The van der Waals surface area contributed by atoms with Gasteiger partial charge in [-0.25, -0.2) is 4.98 Å². The highest BCUT2D eigenvalue weighted by atomic mass is 16.5. The fourth-order valence-electron chi connectivity index (χ4n) is 2.69. The first-order valence-electron chi connectivity index (χ1n) is 8.92. The van der Waals surface area contributed by atoms with Crippen molar-refractivity contribution in [1.29, 1.82) is 0 Å². The van der Waals surface area contributed by atoms with Crippen molar-refractivity contribution >= 4 is 0 Å². The van der Waals surface area contributed by atoms with Gasteiger partial charge in [0.25, 0.3) is 0 Å². The average Bonchev–Trinajstić information content (AvgIpc) is 3.11. The molecule has 1 atom stereocenters. The first kappa shape index (κ1) is 19.5. The molecule has 5 nitrogen and oxygen atoms in total. The number of rotatable bonds is 8. The van der Waals surface area contributed by atoms with Crippen molar-refractivity contribution in [3.05, 3.63) is 90.4 Å². The average molecular weight is 377 g/mol. The van der Waals surface area contributed by atoms with Crippen LogP contribution in [0, 0.1) is 6.92 Å². The number of aromatic nitrogens is 1. The third kappa shape index (κ3) is 4.50. The third-order valence-electron chi connectivity index (χ3n) is 4.24. The Morgan fingerprint density at radius 2 is 1.96 bits per heavy atom. The maximum absolute atomic E-state index is 10.2. The minimum atomic E-state index is -0.743. The van der Waals surface area contributed by atoms with Gasteiger partial charge in [-0.2, -0.15) is 0 Å². The van der Waals surface area contributed by atoms with E-state index < -0.39 is 6.10 Å². The van der Waals surface area contributed by atoms with Crippen LogP contribution in [0.25, 0.3) is 11.5 Å². The normalized spacial score (nSPS) is 12.1. The molecule has 1 aromatic heterocycles. The molecule has 0 aliphatic heterocycles. The van der Waals surface area contributed by atoms with Crippen LogP contribution in [0.15, 0.2) is 77.8 Å². The van der Waals surface area contributed by atoms with E-state index in [1.807, 2.05) is 37.3 Å². The van der Waals surface area contributed by atoms with E-state index in [0.717, 1.165) is 11.3 Å². The molecule has 144 valence electrons. The summed E-state index contributed by atoms with van der Waals surface area (Å²) >= 11 is 0. The van der Waals surface area contributed by atoms with Crippen molar-refractivity contribution in [2.24, 2.45) is 0 Å². The molecule has 3 rings (SSSR count). The summed E-state index contributed by atoms with van der Waals surface area (Å²) in [6.45, 7) is 5.71. The summed E-state index contributed by atoms with van der Waals surface area (Å²) in [5, 5.41) is 10.2. The lowest BCUT2D eigenvalue weighted by atomic mass is 10.1. The Balaban J connectivity index is 1.75. The van der Waals surface area contributed by atoms with Gasteiger partial charge in [-0.3, -0.25) is 0 Å². The van der Waals surface area contributed by atoms with Gasteiger partial charge in [-0.1, -0.05) is 49.1 Å². The zero-order chi connectivity index (χ0) is 19.9. The summed E-state index contributed by atoms with van der Waals surface area (Å²) in [5.74, 6) is 2.37. The van der Waals surface area contributed by atoms with Gasteiger partial charge in [0.15, 0.2) is 11.5 Å². The molecule has 3 aromatic rings. The maximum atomic E-state index is 10.2. The molecular weight excluding hydrogens is 354 g/mol. The number of aliphatic hydroxyl groups excluding tert-OH is 1. The van der Waals surface area contributed by atoms with Gasteiger partial charge in [0.1, 0.15) is 18.1 Å². The summed E-state index contributed by atoms with van der Waals surface area (Å²) < 4.78 is 17.1. The van der Waals surface area contributed by atoms with E-state index in [-0.39, 0.29) is 6.61 Å². The highest BCUT2D eigenvalue weighted by Crippen LogP contribution is 2.32. The summed E-state index contributed by atoms with van der Waals surface area (Å²) in [4.78, 5) is 4.54. The van der Waals surface area contributed by atoms with Gasteiger partial charge < -0.3 is 19.0 Å². The molecule has 1 heterocycles. The van der Waals surface area contributed by atoms with E-state index in [2.05, 4.69) is 11.6 Å². The zero-order valence-electron chi connectivity index (χ0n) is 16.0. The monoisotopic (exact) mass is 377 g/mol. The van der Waals surface area contributed by atoms with E-state index in [1.165, 1.54) is 0 Å². The van der Waals surface area contributed by atoms with Gasteiger partial charge in [0.05, 0.1) is 13.2 Å². The number of aliphatic hydroxyl groups is 1. The molecule has 0 spiro atoms. The molecule has 0 saturated carbocycles. The van der Waals surface area contributed by atoms with Crippen molar-refractivity contribution < 1.29 is 19.0 Å². The van der Waals surface area contributed by atoms with Gasteiger partial charge in [-0.05, 0) is 36.8 Å². The van der Waals surface area contributed by atoms with Crippen molar-refractivity contribution in [3.8, 4) is 23.0 Å². The molecule has 0 saturated heterocycles. The van der Waals surface area contributed by atoms with Crippen LogP contribution in [-0.2, 0) is 6.61 Å². The topological polar surface area (TPSA) is 64.7 Å². The number of hydrogen-bond donors (Lipinski definition) is 1. The smallest absolute Gasteiger partial charge is 0.226 e. The molecule has 0 aliphatic carbocycles. The lowest BCUT2D eigenvalue weighted by molar-refractivity contribution is 0.227. The van der Waals surface area contributed by atoms with Crippen molar-refractivity contribution in [2.45, 2.75) is 19.6 Å². The molecule has 0 bridgehead atoms. The molecule has 28 heavy (non-hydrogen) atoms. The molecule has 0 radical (unpaired) electrons. The van der Waals surface area contributed by atoms with E-state index in [9.17, 15) is 5.11 Å². The molecule has 2 aromatic carbocycles. The van der Waals surface area contributed by atoms with Crippen LogP contribution >= 0.6 is 0 Å². The fourth-order valence-corrected chi connectivity index (χ4v) is 2.69. The Labute approximate surface area is 164 Å². The molecule has 0 fully saturated rings. The maximum Gasteiger partial charge on any atom is 0.226 e. The quantitative estimate of drug-likeness (QED) is 0.559. The molecule has 0 aliphatic rings. The summed E-state index contributed by atoms with van der Waals surface area (Å²) in [6, 6.07) is 15.0. The Bertz CT molecular complexity index is 960. The second kappa shape index (κ2) is 9.06. The van der Waals surface area contributed by atoms with Crippen LogP contribution in [0.1, 0.15) is 23.1 Å². The second-order valence-electron chi connectivity index (χ2n) is 6.15. The number of allylic oxidation sites excluding steroid dienone is 2. The highest BCUT2D eigenvalue weighted by molar-refractivity contribution is 5.53. The van der Waals surface area contributed by atoms with Crippen LogP contribution in [0.5, 0.6) is 11.5 Å². The van der Waals surface area contributed by atoms with Gasteiger partial charge in [0.2, 0.25) is 5.89 Å². The lowest BCUT2D eigenvalue weighted by Crippen LogP contribution is -2.01. The van der Waals surface area contributed by atoms with Gasteiger partial charge in [-0.15, -0.1) is 0 Å². The lowest BCUT2D eigenvalue weighted by Gasteiger charge is -2.13. The van der Waals surface area contributed by atoms with Gasteiger partial charge in [0, 0.05) is 5.56 Å².